The Bertz CT molecular complexity index is 2010. The molecule has 49 heavy (non-hydrogen) atoms. The van der Waals surface area contributed by atoms with Gasteiger partial charge in [-0.25, -0.2) is 35.2 Å². The van der Waals surface area contributed by atoms with Crippen molar-refractivity contribution in [3.05, 3.63) is 136 Å². The normalized spacial score (nSPS) is 16.2. The van der Waals surface area contributed by atoms with Crippen LogP contribution in [-0.4, -0.2) is 37.2 Å². The van der Waals surface area contributed by atoms with Gasteiger partial charge in [-0.05, 0) is 72.2 Å². The van der Waals surface area contributed by atoms with Crippen LogP contribution in [-0.2, 0) is 32.7 Å². The summed E-state index contributed by atoms with van der Waals surface area (Å²) in [5, 5.41) is 0. The molecule has 1 atom stereocenters. The zero-order valence-corrected chi connectivity index (χ0v) is 26.7. The first-order valence-electron chi connectivity index (χ1n) is 15.4. The van der Waals surface area contributed by atoms with Crippen molar-refractivity contribution in [3.63, 3.8) is 0 Å². The Hall–Kier alpha value is -4.88. The van der Waals surface area contributed by atoms with Gasteiger partial charge in [-0.1, -0.05) is 60.7 Å². The first kappa shape index (κ1) is 34.0. The molecule has 1 heterocycles. The van der Waals surface area contributed by atoms with Crippen LogP contribution in [0.1, 0.15) is 52.7 Å². The molecule has 1 saturated heterocycles. The zero-order chi connectivity index (χ0) is 34.9. The number of halogens is 5. The number of hydrogen-bond donors (Lipinski definition) is 0. The van der Waals surface area contributed by atoms with Crippen LogP contribution in [0.15, 0.2) is 89.8 Å². The number of benzene rings is 4. The number of ether oxygens (including phenoxy) is 1. The Kier molecular flexibility index (Phi) is 9.66. The van der Waals surface area contributed by atoms with E-state index in [1.165, 1.54) is 34.7 Å². The molecule has 1 fully saturated rings. The maximum atomic E-state index is 14.6. The van der Waals surface area contributed by atoms with Crippen molar-refractivity contribution in [2.75, 3.05) is 11.4 Å². The molecule has 4 aromatic rings. The first-order chi connectivity index (χ1) is 23.5. The van der Waals surface area contributed by atoms with Crippen LogP contribution in [0.4, 0.5) is 27.6 Å². The van der Waals surface area contributed by atoms with Crippen molar-refractivity contribution < 1.29 is 44.7 Å². The van der Waals surface area contributed by atoms with Crippen molar-refractivity contribution in [1.82, 2.24) is 4.31 Å². The number of esters is 1. The predicted octanol–water partition coefficient (Wildman–Crippen LogP) is 7.30. The van der Waals surface area contributed by atoms with Gasteiger partial charge in [0, 0.05) is 12.2 Å². The Morgan fingerprint density at radius 2 is 1.43 bits per heavy atom. The summed E-state index contributed by atoms with van der Waals surface area (Å²) in [6, 6.07) is 20.8. The third-order valence-electron chi connectivity index (χ3n) is 8.59. The number of sulfonamides is 1. The van der Waals surface area contributed by atoms with E-state index in [4.69, 9.17) is 4.74 Å². The summed E-state index contributed by atoms with van der Waals surface area (Å²) in [6.07, 6.45) is 5.06. The molecular formula is C36H29F5N2O5S. The van der Waals surface area contributed by atoms with Crippen LogP contribution >= 0.6 is 0 Å². The number of hydrogen-bond acceptors (Lipinski definition) is 5. The molecule has 0 aromatic heterocycles. The summed E-state index contributed by atoms with van der Waals surface area (Å²) < 4.78 is 103. The third kappa shape index (κ3) is 6.73. The van der Waals surface area contributed by atoms with Crippen molar-refractivity contribution in [3.8, 4) is 0 Å². The van der Waals surface area contributed by atoms with Gasteiger partial charge in [-0.3, -0.25) is 4.79 Å². The van der Waals surface area contributed by atoms with E-state index in [2.05, 4.69) is 6.08 Å². The summed E-state index contributed by atoms with van der Waals surface area (Å²) in [5.41, 5.74) is 4.11. The average Bonchev–Trinajstić information content (AvgIpc) is 3.63. The minimum Gasteiger partial charge on any atom is -0.457 e. The molecule has 0 spiro atoms. The Morgan fingerprint density at radius 1 is 0.796 bits per heavy atom. The SMILES string of the molecule is O=C(OCc1ccccc1)c1ccc(N(Cc2ccc(C3=CCCC3)cc2)C(=O)[C@H]2CCN2S(=O)(=O)c2c(F)c(F)c(F)c(F)c2F)cc1. The van der Waals surface area contributed by atoms with E-state index >= 15 is 0 Å². The van der Waals surface area contributed by atoms with E-state index in [9.17, 15) is 40.0 Å². The van der Waals surface area contributed by atoms with Gasteiger partial charge in [0.1, 0.15) is 12.6 Å². The Balaban J connectivity index is 1.28. The van der Waals surface area contributed by atoms with Crippen LogP contribution in [0.2, 0.25) is 0 Å². The Labute approximate surface area is 279 Å². The lowest BCUT2D eigenvalue weighted by molar-refractivity contribution is -0.125. The number of anilines is 1. The van der Waals surface area contributed by atoms with Crippen LogP contribution in [0.3, 0.4) is 0 Å². The van der Waals surface area contributed by atoms with E-state index in [-0.39, 0.29) is 30.8 Å². The van der Waals surface area contributed by atoms with Crippen molar-refractivity contribution in [2.45, 2.75) is 49.8 Å². The monoisotopic (exact) mass is 696 g/mol. The highest BCUT2D eigenvalue weighted by Gasteiger charge is 2.48. The van der Waals surface area contributed by atoms with E-state index in [1.54, 1.807) is 24.3 Å². The molecule has 6 rings (SSSR count). The number of carbonyl (C=O) groups is 2. The maximum absolute atomic E-state index is 14.6. The van der Waals surface area contributed by atoms with Crippen molar-refractivity contribution in [1.29, 1.82) is 0 Å². The highest BCUT2D eigenvalue weighted by atomic mass is 32.2. The van der Waals surface area contributed by atoms with Gasteiger partial charge in [0.15, 0.2) is 28.2 Å². The van der Waals surface area contributed by atoms with Crippen LogP contribution in [0.5, 0.6) is 0 Å². The Morgan fingerprint density at radius 3 is 2.00 bits per heavy atom. The van der Waals surface area contributed by atoms with Gasteiger partial charge in [0.2, 0.25) is 21.7 Å². The van der Waals surface area contributed by atoms with E-state index < -0.39 is 68.5 Å². The van der Waals surface area contributed by atoms with Gasteiger partial charge in [-0.2, -0.15) is 4.31 Å². The molecular weight excluding hydrogens is 667 g/mol. The minimum atomic E-state index is -5.35. The third-order valence-corrected chi connectivity index (χ3v) is 10.5. The molecule has 1 amide bonds. The summed E-state index contributed by atoms with van der Waals surface area (Å²) in [5.74, 6) is -13.8. The topological polar surface area (TPSA) is 84.0 Å². The number of carbonyl (C=O) groups excluding carboxylic acids is 2. The summed E-state index contributed by atoms with van der Waals surface area (Å²) in [7, 11) is -5.35. The lowest BCUT2D eigenvalue weighted by Crippen LogP contribution is -2.59. The second-order valence-electron chi connectivity index (χ2n) is 11.7. The zero-order valence-electron chi connectivity index (χ0n) is 25.8. The standard InChI is InChI=1S/C36H29F5N2O5S/c37-29-30(38)32(40)34(33(41)31(29)39)49(46,47)43-19-18-28(43)35(44)42(20-22-10-12-25(13-11-22)24-8-4-5-9-24)27-16-14-26(15-17-27)36(45)48-21-23-6-2-1-3-7-23/h1-3,6-8,10-17,28H,4-5,9,18-21H2/t28-/m1/s1. The van der Waals surface area contributed by atoms with Gasteiger partial charge in [0.05, 0.1) is 12.1 Å². The molecule has 0 N–H and O–H groups in total. The molecule has 2 aliphatic rings. The largest absolute Gasteiger partial charge is 0.457 e. The molecule has 0 radical (unpaired) electrons. The van der Waals surface area contributed by atoms with Gasteiger partial charge >= 0.3 is 5.97 Å². The van der Waals surface area contributed by atoms with Gasteiger partial charge in [-0.15, -0.1) is 0 Å². The van der Waals surface area contributed by atoms with Crippen LogP contribution < -0.4 is 4.90 Å². The van der Waals surface area contributed by atoms with Gasteiger partial charge in [0.25, 0.3) is 0 Å². The second-order valence-corrected chi connectivity index (χ2v) is 13.5. The predicted molar refractivity (Wildman–Crippen MR) is 170 cm³/mol. The smallest absolute Gasteiger partial charge is 0.338 e. The molecule has 13 heteroatoms. The molecule has 1 aliphatic carbocycles. The summed E-state index contributed by atoms with van der Waals surface area (Å²) >= 11 is 0. The fourth-order valence-corrected chi connectivity index (χ4v) is 7.57. The van der Waals surface area contributed by atoms with E-state index in [1.807, 2.05) is 30.3 Å². The van der Waals surface area contributed by atoms with E-state index in [0.29, 0.717) is 9.87 Å². The molecule has 4 aromatic carbocycles. The van der Waals surface area contributed by atoms with Crippen LogP contribution in [0, 0.1) is 29.1 Å². The van der Waals surface area contributed by atoms with Gasteiger partial charge < -0.3 is 9.64 Å². The number of nitrogens with zero attached hydrogens (tertiary/aromatic N) is 2. The number of allylic oxidation sites excluding steroid dienone is 2. The lowest BCUT2D eigenvalue weighted by atomic mass is 10.0. The number of amides is 1. The fourth-order valence-electron chi connectivity index (χ4n) is 5.83. The van der Waals surface area contributed by atoms with Crippen LogP contribution in [0.25, 0.3) is 5.57 Å². The fraction of sp³-hybridized carbons (Fsp3) is 0.222. The molecule has 0 bridgehead atoms. The molecule has 7 nitrogen and oxygen atoms in total. The quantitative estimate of drug-likeness (QED) is 0.0753. The molecule has 0 saturated carbocycles. The average molecular weight is 697 g/mol. The van der Waals surface area contributed by atoms with Crippen molar-refractivity contribution >= 4 is 33.2 Å². The van der Waals surface area contributed by atoms with Crippen molar-refractivity contribution in [2.24, 2.45) is 0 Å². The highest BCUT2D eigenvalue weighted by molar-refractivity contribution is 7.89. The second kappa shape index (κ2) is 13.9. The highest BCUT2D eigenvalue weighted by Crippen LogP contribution is 2.35. The lowest BCUT2D eigenvalue weighted by Gasteiger charge is -2.41. The molecule has 254 valence electrons. The molecule has 1 aliphatic heterocycles. The summed E-state index contributed by atoms with van der Waals surface area (Å²) in [4.78, 5) is 26.0. The van der Waals surface area contributed by atoms with E-state index in [0.717, 1.165) is 30.4 Å². The summed E-state index contributed by atoms with van der Waals surface area (Å²) in [6.45, 7) is -0.432. The molecule has 0 unspecified atom stereocenters. The number of rotatable bonds is 10. The maximum Gasteiger partial charge on any atom is 0.338 e. The minimum absolute atomic E-state index is 0.0357. The first-order valence-corrected chi connectivity index (χ1v) is 16.9.